The standard InChI is InChI=1S/C30H56NO39P5/c31-9-13(36)20(5(1-32)60-27(9)65-21-18(41)14(37)19(42)22-26(21)70-75(55,56)69-22)64-29-24(67-73(49,50)51)16(39)10(33)6(62-29)2-57-28-23(15(38)11(34)7(61-28)3-58-71(43,44)45)66-30-25(68-74(52,53)54)17(40)12(35)8(63-30)4-59-72(46,47)48/h5-30,32-42H,1-4,31H2,(H,55,56)(H2,43,44,45)(H2,46,47,48)(H2,49,50,51)(H2,52,53,54)/t5-,6-,7-,8-,9-,10-,11-,12-,13-,14+,15+,16+,17+,18+,19-,20-,21-,22-,23+,24+,25+,26+,27-,28+,29-,30-/m1/s1. The van der Waals surface area contributed by atoms with Crippen molar-refractivity contribution in [3.8, 4) is 0 Å². The molecule has 5 saturated heterocycles. The molecule has 6 aliphatic rings. The highest BCUT2D eigenvalue weighted by Gasteiger charge is 2.62. The fourth-order valence-corrected chi connectivity index (χ4v) is 11.4. The summed E-state index contributed by atoms with van der Waals surface area (Å²) < 4.78 is 131. The number of phosphoric ester groups is 5. The van der Waals surface area contributed by atoms with Crippen LogP contribution in [0, 0.1) is 0 Å². The first-order valence-electron chi connectivity index (χ1n) is 21.4. The van der Waals surface area contributed by atoms with Crippen LogP contribution in [0.25, 0.3) is 0 Å². The van der Waals surface area contributed by atoms with Gasteiger partial charge >= 0.3 is 39.1 Å². The summed E-state index contributed by atoms with van der Waals surface area (Å²) in [5, 5.41) is 119. The first-order valence-corrected chi connectivity index (χ1v) is 29.0. The summed E-state index contributed by atoms with van der Waals surface area (Å²) in [6.45, 7) is -5.01. The van der Waals surface area contributed by atoms with Crippen molar-refractivity contribution in [2.75, 3.05) is 26.4 Å². The monoisotopic (exact) mass is 1210 g/mol. The third-order valence-electron chi connectivity index (χ3n) is 12.0. The number of aliphatic hydroxyl groups excluding tert-OH is 11. The number of ether oxygens (including phenoxy) is 8. The van der Waals surface area contributed by atoms with E-state index in [0.717, 1.165) is 0 Å². The van der Waals surface area contributed by atoms with Crippen LogP contribution in [0.5, 0.6) is 0 Å². The van der Waals surface area contributed by atoms with Crippen molar-refractivity contribution in [1.29, 1.82) is 0 Å². The second-order valence-electron chi connectivity index (χ2n) is 17.3. The Morgan fingerprint density at radius 2 is 0.813 bits per heavy atom. The molecule has 5 aliphatic heterocycles. The van der Waals surface area contributed by atoms with Gasteiger partial charge in [-0.05, 0) is 0 Å². The van der Waals surface area contributed by atoms with Gasteiger partial charge in [-0.1, -0.05) is 0 Å². The Kier molecular flexibility index (Phi) is 21.0. The number of nitrogens with two attached hydrogens (primary N) is 1. The van der Waals surface area contributed by atoms with Gasteiger partial charge in [-0.2, -0.15) is 0 Å². The van der Waals surface area contributed by atoms with Crippen LogP contribution in [-0.4, -0.2) is 286 Å². The van der Waals surface area contributed by atoms with Gasteiger partial charge in [0.2, 0.25) is 0 Å². The van der Waals surface area contributed by atoms with Crippen LogP contribution in [0.1, 0.15) is 0 Å². The van der Waals surface area contributed by atoms with Crippen molar-refractivity contribution in [3.63, 3.8) is 0 Å². The second kappa shape index (κ2) is 24.7. The van der Waals surface area contributed by atoms with Crippen molar-refractivity contribution in [2.24, 2.45) is 5.73 Å². The molecule has 0 bridgehead atoms. The van der Waals surface area contributed by atoms with E-state index < -0.39 is 225 Å². The van der Waals surface area contributed by atoms with Gasteiger partial charge < -0.3 is 144 Å². The molecule has 0 aromatic carbocycles. The van der Waals surface area contributed by atoms with E-state index in [1.54, 1.807) is 0 Å². The molecule has 1 unspecified atom stereocenters. The zero-order chi connectivity index (χ0) is 56.2. The highest BCUT2D eigenvalue weighted by molar-refractivity contribution is 7.48. The molecule has 27 atom stereocenters. The van der Waals surface area contributed by atoms with Gasteiger partial charge in [-0.25, -0.2) is 22.8 Å². The third kappa shape index (κ3) is 15.9. The van der Waals surface area contributed by atoms with Gasteiger partial charge in [0.25, 0.3) is 0 Å². The Labute approximate surface area is 418 Å². The number of aliphatic hydroxyl groups is 11. The number of rotatable bonds is 20. The van der Waals surface area contributed by atoms with E-state index >= 15 is 0 Å². The zero-order valence-corrected chi connectivity index (χ0v) is 41.8. The molecular formula is C30H56NO39P5. The van der Waals surface area contributed by atoms with Crippen molar-refractivity contribution >= 4 is 39.1 Å². The van der Waals surface area contributed by atoms with Crippen LogP contribution >= 0.6 is 39.1 Å². The Morgan fingerprint density at radius 3 is 1.27 bits per heavy atom. The van der Waals surface area contributed by atoms with Crippen molar-refractivity contribution < 1.29 is 188 Å². The smallest absolute Gasteiger partial charge is 0.394 e. The maximum Gasteiger partial charge on any atom is 0.473 e. The minimum absolute atomic E-state index is 1.19. The number of phosphoric acid groups is 5. The van der Waals surface area contributed by atoms with Crippen LogP contribution in [0.15, 0.2) is 0 Å². The summed E-state index contributed by atoms with van der Waals surface area (Å²) in [4.78, 5) is 85.5. The number of hydrogen-bond donors (Lipinski definition) is 21. The zero-order valence-electron chi connectivity index (χ0n) is 37.4. The number of hydrogen-bond acceptors (Lipinski definition) is 31. The first kappa shape index (κ1) is 63.9. The Bertz CT molecular complexity index is 2140. The largest absolute Gasteiger partial charge is 0.473 e. The van der Waals surface area contributed by atoms with Crippen LogP contribution in [0.4, 0.5) is 0 Å². The lowest BCUT2D eigenvalue weighted by Gasteiger charge is -2.49. The molecule has 6 fully saturated rings. The summed E-state index contributed by atoms with van der Waals surface area (Å²) in [6.07, 6.45) is -55.6. The van der Waals surface area contributed by atoms with Crippen molar-refractivity contribution in [3.05, 3.63) is 0 Å². The molecule has 40 nitrogen and oxygen atoms in total. The van der Waals surface area contributed by atoms with E-state index in [-0.39, 0.29) is 0 Å². The topological polar surface area (TPSA) is 645 Å². The van der Waals surface area contributed by atoms with Crippen molar-refractivity contribution in [2.45, 2.75) is 159 Å². The fraction of sp³-hybridized carbons (Fsp3) is 1.00. The van der Waals surface area contributed by atoms with Gasteiger partial charge in [-0.15, -0.1) is 0 Å². The maximum absolute atomic E-state index is 12.2. The lowest BCUT2D eigenvalue weighted by molar-refractivity contribution is -0.375. The molecule has 0 radical (unpaired) electrons. The first-order chi connectivity index (χ1) is 34.4. The minimum atomic E-state index is -5.75. The molecule has 22 N–H and O–H groups in total. The van der Waals surface area contributed by atoms with Gasteiger partial charge in [0, 0.05) is 0 Å². The molecule has 6 rings (SSSR count). The maximum atomic E-state index is 12.2. The molecule has 0 aromatic rings. The summed E-state index contributed by atoms with van der Waals surface area (Å²) in [6, 6.07) is -1.90. The molecule has 45 heteroatoms. The predicted molar refractivity (Wildman–Crippen MR) is 220 cm³/mol. The average Bonchev–Trinajstić information content (AvgIpc) is 3.62. The van der Waals surface area contributed by atoms with Gasteiger partial charge in [0.05, 0.1) is 32.5 Å². The quantitative estimate of drug-likeness (QED) is 0.0503. The van der Waals surface area contributed by atoms with Gasteiger partial charge in [-0.3, -0.25) is 27.1 Å². The van der Waals surface area contributed by atoms with Gasteiger partial charge in [0.1, 0.15) is 128 Å². The molecule has 0 spiro atoms. The van der Waals surface area contributed by atoms with E-state index in [1.165, 1.54) is 0 Å². The third-order valence-corrected chi connectivity index (χ3v) is 15.0. The molecule has 5 heterocycles. The highest BCUT2D eigenvalue weighted by Crippen LogP contribution is 2.56. The summed E-state index contributed by atoms with van der Waals surface area (Å²) >= 11 is 0. The lowest BCUT2D eigenvalue weighted by atomic mass is 9.84. The molecule has 0 amide bonds. The fourth-order valence-electron chi connectivity index (χ4n) is 8.44. The molecule has 1 saturated carbocycles. The molecule has 75 heavy (non-hydrogen) atoms. The normalized spacial score (nSPS) is 47.4. The van der Waals surface area contributed by atoms with Crippen LogP contribution in [0.2, 0.25) is 0 Å². The number of fused-ring (bicyclic) bond motifs is 1. The van der Waals surface area contributed by atoms with E-state index in [1.807, 2.05) is 0 Å². The van der Waals surface area contributed by atoms with E-state index in [2.05, 4.69) is 18.1 Å². The highest BCUT2D eigenvalue weighted by atomic mass is 31.2. The van der Waals surface area contributed by atoms with E-state index in [0.29, 0.717) is 0 Å². The second-order valence-corrected chi connectivity index (χ2v) is 23.5. The molecular weight excluding hydrogens is 1150 g/mol. The minimum Gasteiger partial charge on any atom is -0.394 e. The van der Waals surface area contributed by atoms with Crippen molar-refractivity contribution in [1.82, 2.24) is 0 Å². The Morgan fingerprint density at radius 1 is 0.427 bits per heavy atom. The predicted octanol–water partition coefficient (Wildman–Crippen LogP) is -10.9. The van der Waals surface area contributed by atoms with E-state index in [4.69, 9.17) is 52.7 Å². The molecule has 0 aromatic heterocycles. The van der Waals surface area contributed by atoms with Crippen LogP contribution in [0.3, 0.4) is 0 Å². The van der Waals surface area contributed by atoms with Crippen LogP contribution < -0.4 is 5.73 Å². The lowest BCUT2D eigenvalue weighted by Crippen LogP contribution is -2.69. The average molecular weight is 1210 g/mol. The van der Waals surface area contributed by atoms with Gasteiger partial charge in [0.15, 0.2) is 25.2 Å². The summed E-state index contributed by atoms with van der Waals surface area (Å²) in [5.74, 6) is 0. The van der Waals surface area contributed by atoms with Crippen LogP contribution in [-0.2, 0) is 87.9 Å². The Hall–Kier alpha value is -0.250. The summed E-state index contributed by atoms with van der Waals surface area (Å²) in [5.41, 5.74) is 6.17. The van der Waals surface area contributed by atoms with E-state index in [9.17, 15) is 123 Å². The summed E-state index contributed by atoms with van der Waals surface area (Å²) in [7, 11) is -27.2. The molecule has 440 valence electrons. The Balaban J connectivity index is 1.25. The molecule has 1 aliphatic carbocycles. The SMILES string of the molecule is N[C@H]1[C@@H](O[C@@H]2[C@@H](O)[C@H](O)[C@@H](O)[C@H]3OP(=O)(O)O[C@H]32)O[C@H](CO)[C@@H](O[C@H]2O[C@H](CO[C@H]3O[C@H](COP(=O)(O)O)[C@@H](O)[C@H](O)[C@@H]3O[C@H]3O[C@H](COP(=O)(O)O)[C@@H](O)[C@H](O)[C@@H]3OP(=O)(O)O)[C@@H](O)[C@H](O)[C@@H]2OP(=O)(O)O)[C@@H]1O.